The van der Waals surface area contributed by atoms with Crippen LogP contribution in [0.5, 0.6) is 0 Å². The van der Waals surface area contributed by atoms with E-state index in [1.54, 1.807) is 27.2 Å². The number of guanidine groups is 1. The minimum Gasteiger partial charge on any atom is -0.358 e. The van der Waals surface area contributed by atoms with Gasteiger partial charge in [0.1, 0.15) is 6.29 Å². The summed E-state index contributed by atoms with van der Waals surface area (Å²) in [4.78, 5) is 21.2. The van der Waals surface area contributed by atoms with Gasteiger partial charge in [-0.05, 0) is 63.5 Å². The van der Waals surface area contributed by atoms with E-state index in [0.717, 1.165) is 37.7 Å². The minimum atomic E-state index is -0.620. The van der Waals surface area contributed by atoms with Crippen LogP contribution in [0.3, 0.4) is 0 Å². The standard InChI is InChI=1S/C15H18N2OS.C7H15F.C5H11N3.C2H6/c1-9(2)13-12-8-10(3)19-15(12)14(11-4-5-11)17(16-13)6-7-18;1-4-6(2)5-7(3)8;1-4-8-5(6-2)7-3;1-2/h7-9H,4-6H2,1-3H3;6-7H,4-5H2,1-3H3;4H,1-3H3,(H,6,7);1-2H3/b;;8-4-;. The molecule has 0 spiro atoms. The number of thiophene rings is 1. The Bertz CT molecular complexity index is 922. The third-order valence-electron chi connectivity index (χ3n) is 5.57. The van der Waals surface area contributed by atoms with Crippen LogP contribution in [-0.4, -0.2) is 56.0 Å². The fourth-order valence-electron chi connectivity index (χ4n) is 3.58. The third kappa shape index (κ3) is 12.2. The Morgan fingerprint density at radius 2 is 1.89 bits per heavy atom. The molecule has 0 amide bonds. The molecule has 3 rings (SSSR count). The number of halogens is 1. The van der Waals surface area contributed by atoms with Crippen LogP contribution < -0.4 is 5.32 Å². The molecule has 37 heavy (non-hydrogen) atoms. The lowest BCUT2D eigenvalue weighted by Crippen LogP contribution is -2.27. The van der Waals surface area contributed by atoms with Gasteiger partial charge in [-0.15, -0.1) is 11.3 Å². The summed E-state index contributed by atoms with van der Waals surface area (Å²) in [5, 5.41) is 9.45. The maximum atomic E-state index is 12.1. The number of fused-ring (bicyclic) bond motifs is 1. The molecule has 2 unspecified atom stereocenters. The lowest BCUT2D eigenvalue weighted by Gasteiger charge is -2.28. The fraction of sp³-hybridized carbons (Fsp3) is 0.655. The number of carbonyl (C=O) groups excluding carboxylic acids is 1. The molecule has 2 heterocycles. The molecule has 0 saturated heterocycles. The summed E-state index contributed by atoms with van der Waals surface area (Å²) in [5.41, 5.74) is 5.02. The molecule has 1 aromatic rings. The monoisotopic (exact) mass is 535 g/mol. The van der Waals surface area contributed by atoms with E-state index in [0.29, 0.717) is 24.3 Å². The van der Waals surface area contributed by atoms with Gasteiger partial charge in [0.2, 0.25) is 5.96 Å². The van der Waals surface area contributed by atoms with Crippen molar-refractivity contribution in [3.05, 3.63) is 27.0 Å². The first-order valence-corrected chi connectivity index (χ1v) is 14.3. The number of aldehydes is 1. The average molecular weight is 536 g/mol. The molecule has 210 valence electrons. The van der Waals surface area contributed by atoms with Crippen LogP contribution in [0, 0.1) is 18.8 Å². The number of hydrogen-bond donors (Lipinski definition) is 1. The summed E-state index contributed by atoms with van der Waals surface area (Å²) in [6, 6.07) is 2.24. The van der Waals surface area contributed by atoms with Crippen molar-refractivity contribution in [2.24, 2.45) is 26.9 Å². The SMILES string of the molecule is C/C=N\C(=NC)NC.CC.CCC(C)CC(C)F.Cc1cc2c(s1)C(=C1CC1)N(CC=O)N=C2C(C)C. The Hall–Kier alpha value is -2.35. The van der Waals surface area contributed by atoms with Gasteiger partial charge in [0, 0.05) is 30.8 Å². The van der Waals surface area contributed by atoms with Crippen molar-refractivity contribution in [2.75, 3.05) is 20.6 Å². The highest BCUT2D eigenvalue weighted by molar-refractivity contribution is 7.13. The van der Waals surface area contributed by atoms with Crippen molar-refractivity contribution >= 4 is 41.2 Å². The number of aliphatic imine (C=N–C) groups is 2. The molecule has 1 fully saturated rings. The van der Waals surface area contributed by atoms with Crippen LogP contribution in [-0.2, 0) is 4.79 Å². The van der Waals surface area contributed by atoms with E-state index in [2.05, 4.69) is 56.0 Å². The van der Waals surface area contributed by atoms with Crippen LogP contribution in [0.25, 0.3) is 5.70 Å². The second-order valence-electron chi connectivity index (χ2n) is 9.16. The van der Waals surface area contributed by atoms with Crippen molar-refractivity contribution in [3.8, 4) is 0 Å². The maximum Gasteiger partial charge on any atom is 0.217 e. The highest BCUT2D eigenvalue weighted by Gasteiger charge is 2.32. The van der Waals surface area contributed by atoms with Crippen molar-refractivity contribution < 1.29 is 9.18 Å². The van der Waals surface area contributed by atoms with Gasteiger partial charge in [-0.1, -0.05) is 48.0 Å². The highest BCUT2D eigenvalue weighted by Crippen LogP contribution is 2.44. The Kier molecular flexibility index (Phi) is 17.6. The van der Waals surface area contributed by atoms with Gasteiger partial charge in [-0.25, -0.2) is 9.38 Å². The van der Waals surface area contributed by atoms with Crippen LogP contribution in [0.4, 0.5) is 4.39 Å². The van der Waals surface area contributed by atoms with E-state index < -0.39 is 6.17 Å². The summed E-state index contributed by atoms with van der Waals surface area (Å²) in [6.07, 6.45) is 6.12. The minimum absolute atomic E-state index is 0.353. The van der Waals surface area contributed by atoms with Gasteiger partial charge in [-0.3, -0.25) is 10.0 Å². The molecule has 6 nitrogen and oxygen atoms in total. The first-order chi connectivity index (χ1) is 17.6. The lowest BCUT2D eigenvalue weighted by molar-refractivity contribution is -0.108. The van der Waals surface area contributed by atoms with E-state index in [1.807, 2.05) is 37.1 Å². The fourth-order valence-corrected chi connectivity index (χ4v) is 4.70. The van der Waals surface area contributed by atoms with Crippen LogP contribution in [0.2, 0.25) is 0 Å². The normalized spacial score (nSPS) is 15.9. The number of nitrogens with zero attached hydrogens (tertiary/aromatic N) is 4. The van der Waals surface area contributed by atoms with Crippen LogP contribution in [0.15, 0.2) is 26.7 Å². The van der Waals surface area contributed by atoms with Crippen molar-refractivity contribution in [1.29, 1.82) is 0 Å². The van der Waals surface area contributed by atoms with Gasteiger partial charge in [0.15, 0.2) is 0 Å². The first-order valence-electron chi connectivity index (χ1n) is 13.5. The Morgan fingerprint density at radius 1 is 1.27 bits per heavy atom. The smallest absolute Gasteiger partial charge is 0.217 e. The third-order valence-corrected chi connectivity index (χ3v) is 6.63. The highest BCUT2D eigenvalue weighted by atomic mass is 32.1. The van der Waals surface area contributed by atoms with E-state index in [-0.39, 0.29) is 0 Å². The van der Waals surface area contributed by atoms with Gasteiger partial charge < -0.3 is 10.1 Å². The largest absolute Gasteiger partial charge is 0.358 e. The van der Waals surface area contributed by atoms with E-state index in [4.69, 9.17) is 5.10 Å². The van der Waals surface area contributed by atoms with Gasteiger partial charge in [0.25, 0.3) is 0 Å². The number of hydrazone groups is 1. The molecule has 0 aromatic carbocycles. The molecule has 2 aliphatic rings. The summed E-state index contributed by atoms with van der Waals surface area (Å²) < 4.78 is 12.1. The van der Waals surface area contributed by atoms with Gasteiger partial charge in [-0.2, -0.15) is 5.10 Å². The number of aryl methyl sites for hydroxylation is 1. The molecular formula is C29H50FN5OS. The zero-order valence-electron chi connectivity index (χ0n) is 25.0. The average Bonchev–Trinajstić information content (AvgIpc) is 3.63. The number of rotatable bonds is 6. The maximum absolute atomic E-state index is 12.1. The van der Waals surface area contributed by atoms with Crippen molar-refractivity contribution in [3.63, 3.8) is 0 Å². The molecule has 2 atom stereocenters. The van der Waals surface area contributed by atoms with E-state index in [9.17, 15) is 9.18 Å². The van der Waals surface area contributed by atoms with Crippen LogP contribution in [0.1, 0.15) is 96.4 Å². The molecule has 8 heteroatoms. The van der Waals surface area contributed by atoms with E-state index in [1.165, 1.54) is 26.6 Å². The molecular weight excluding hydrogens is 485 g/mol. The predicted molar refractivity (Wildman–Crippen MR) is 162 cm³/mol. The second-order valence-corrected chi connectivity index (χ2v) is 10.4. The first kappa shape index (κ1) is 34.6. The summed E-state index contributed by atoms with van der Waals surface area (Å²) in [7, 11) is 3.48. The van der Waals surface area contributed by atoms with Gasteiger partial charge >= 0.3 is 0 Å². The quantitative estimate of drug-likeness (QED) is 0.233. The summed E-state index contributed by atoms with van der Waals surface area (Å²) in [5.74, 6) is 1.58. The van der Waals surface area contributed by atoms with Gasteiger partial charge in [0.05, 0.1) is 29.0 Å². The zero-order chi connectivity index (χ0) is 28.5. The van der Waals surface area contributed by atoms with Crippen molar-refractivity contribution in [1.82, 2.24) is 10.3 Å². The number of nitrogens with one attached hydrogen (secondary N) is 1. The number of allylic oxidation sites excluding steroid dienone is 1. The van der Waals surface area contributed by atoms with E-state index >= 15 is 0 Å². The van der Waals surface area contributed by atoms with Crippen LogP contribution >= 0.6 is 11.3 Å². The molecule has 1 aliphatic carbocycles. The number of hydrogen-bond acceptors (Lipinski definition) is 5. The summed E-state index contributed by atoms with van der Waals surface area (Å²) in [6.45, 7) is 18.4. The number of alkyl halides is 1. The molecule has 1 aromatic heterocycles. The van der Waals surface area contributed by atoms with Crippen molar-refractivity contribution in [2.45, 2.75) is 94.2 Å². The Balaban J connectivity index is 0.000000604. The zero-order valence-corrected chi connectivity index (χ0v) is 25.8. The topological polar surface area (TPSA) is 69.4 Å². The Morgan fingerprint density at radius 3 is 2.24 bits per heavy atom. The Labute approximate surface area is 229 Å². The second kappa shape index (κ2) is 18.8. The molecule has 1 saturated carbocycles. The number of carbonyl (C=O) groups is 1. The summed E-state index contributed by atoms with van der Waals surface area (Å²) >= 11 is 1.82. The molecule has 1 N–H and O–H groups in total. The molecule has 0 radical (unpaired) electrons. The lowest BCUT2D eigenvalue weighted by atomic mass is 9.97. The molecule has 0 bridgehead atoms. The molecule has 1 aliphatic heterocycles. The predicted octanol–water partition coefficient (Wildman–Crippen LogP) is 7.53.